The molecule has 0 bridgehead atoms. The van der Waals surface area contributed by atoms with Crippen LogP contribution in [0, 0.1) is 11.3 Å². The molecule has 22 heavy (non-hydrogen) atoms. The summed E-state index contributed by atoms with van der Waals surface area (Å²) in [4.78, 5) is 11.9. The SMILES string of the molecule is C[C@H](NC(=O)COc1ccc(C#N)cc1)c1cccc(Cl)c1. The molecule has 112 valence electrons. The maximum absolute atomic E-state index is 11.9. The van der Waals surface area contributed by atoms with Gasteiger partial charge in [-0.25, -0.2) is 0 Å². The normalized spacial score (nSPS) is 11.3. The molecule has 2 rings (SSSR count). The van der Waals surface area contributed by atoms with Crippen molar-refractivity contribution >= 4 is 17.5 Å². The second-order valence-electron chi connectivity index (χ2n) is 4.77. The van der Waals surface area contributed by atoms with Crippen molar-refractivity contribution in [3.05, 3.63) is 64.7 Å². The molecule has 2 aromatic carbocycles. The van der Waals surface area contributed by atoms with E-state index in [9.17, 15) is 4.79 Å². The number of hydrogen-bond donors (Lipinski definition) is 1. The summed E-state index contributed by atoms with van der Waals surface area (Å²) in [5, 5.41) is 12.2. The molecular weight excluding hydrogens is 300 g/mol. The molecule has 2 aromatic rings. The van der Waals surface area contributed by atoms with E-state index < -0.39 is 0 Å². The molecule has 0 aliphatic carbocycles. The topological polar surface area (TPSA) is 62.1 Å². The lowest BCUT2D eigenvalue weighted by atomic mass is 10.1. The Morgan fingerprint density at radius 1 is 1.32 bits per heavy atom. The lowest BCUT2D eigenvalue weighted by Gasteiger charge is -2.15. The smallest absolute Gasteiger partial charge is 0.258 e. The minimum absolute atomic E-state index is 0.0865. The molecule has 1 atom stereocenters. The van der Waals surface area contributed by atoms with Crippen molar-refractivity contribution in [3.8, 4) is 11.8 Å². The largest absolute Gasteiger partial charge is 0.484 e. The number of nitriles is 1. The second kappa shape index (κ2) is 7.48. The van der Waals surface area contributed by atoms with Crippen LogP contribution in [0.2, 0.25) is 5.02 Å². The van der Waals surface area contributed by atoms with E-state index in [2.05, 4.69) is 5.32 Å². The quantitative estimate of drug-likeness (QED) is 0.919. The standard InChI is InChI=1S/C17H15ClN2O2/c1-12(14-3-2-4-15(18)9-14)20-17(21)11-22-16-7-5-13(10-19)6-8-16/h2-9,12H,11H2,1H3,(H,20,21)/t12-/m0/s1. The van der Waals surface area contributed by atoms with Crippen LogP contribution in [0.25, 0.3) is 0 Å². The zero-order valence-corrected chi connectivity index (χ0v) is 12.8. The monoisotopic (exact) mass is 314 g/mol. The number of amides is 1. The van der Waals surface area contributed by atoms with Crippen molar-refractivity contribution in [2.45, 2.75) is 13.0 Å². The summed E-state index contributed by atoms with van der Waals surface area (Å²) in [5.74, 6) is 0.321. The van der Waals surface area contributed by atoms with Crippen molar-refractivity contribution in [3.63, 3.8) is 0 Å². The van der Waals surface area contributed by atoms with Gasteiger partial charge in [0.2, 0.25) is 0 Å². The fraction of sp³-hybridized carbons (Fsp3) is 0.176. The molecule has 0 heterocycles. The lowest BCUT2D eigenvalue weighted by Crippen LogP contribution is -2.31. The van der Waals surface area contributed by atoms with Crippen molar-refractivity contribution in [2.75, 3.05) is 6.61 Å². The molecule has 0 spiro atoms. The predicted molar refractivity (Wildman–Crippen MR) is 84.7 cm³/mol. The Hall–Kier alpha value is -2.51. The highest BCUT2D eigenvalue weighted by atomic mass is 35.5. The zero-order valence-electron chi connectivity index (χ0n) is 12.0. The van der Waals surface area contributed by atoms with E-state index in [-0.39, 0.29) is 18.6 Å². The van der Waals surface area contributed by atoms with Crippen molar-refractivity contribution in [1.82, 2.24) is 5.32 Å². The van der Waals surface area contributed by atoms with Crippen LogP contribution in [-0.4, -0.2) is 12.5 Å². The molecule has 1 N–H and O–H groups in total. The van der Waals surface area contributed by atoms with Crippen molar-refractivity contribution < 1.29 is 9.53 Å². The van der Waals surface area contributed by atoms with Gasteiger partial charge in [0, 0.05) is 5.02 Å². The summed E-state index contributed by atoms with van der Waals surface area (Å²) in [5.41, 5.74) is 1.48. The second-order valence-corrected chi connectivity index (χ2v) is 5.21. The van der Waals surface area contributed by atoms with Crippen LogP contribution < -0.4 is 10.1 Å². The van der Waals surface area contributed by atoms with Gasteiger partial charge in [-0.3, -0.25) is 4.79 Å². The third-order valence-corrected chi connectivity index (χ3v) is 3.31. The number of carbonyl (C=O) groups excluding carboxylic acids is 1. The first-order chi connectivity index (χ1) is 10.6. The Bertz CT molecular complexity index is 693. The lowest BCUT2D eigenvalue weighted by molar-refractivity contribution is -0.123. The first-order valence-corrected chi connectivity index (χ1v) is 7.14. The number of carbonyl (C=O) groups is 1. The van der Waals surface area contributed by atoms with Crippen LogP contribution in [-0.2, 0) is 4.79 Å². The Kier molecular flexibility index (Phi) is 5.40. The molecule has 0 unspecified atom stereocenters. The minimum Gasteiger partial charge on any atom is -0.484 e. The van der Waals surface area contributed by atoms with Gasteiger partial charge in [-0.1, -0.05) is 23.7 Å². The third-order valence-electron chi connectivity index (χ3n) is 3.08. The van der Waals surface area contributed by atoms with Gasteiger partial charge in [0.15, 0.2) is 6.61 Å². The van der Waals surface area contributed by atoms with E-state index in [1.165, 1.54) is 0 Å². The molecular formula is C17H15ClN2O2. The number of nitrogens with zero attached hydrogens (tertiary/aromatic N) is 1. The highest BCUT2D eigenvalue weighted by molar-refractivity contribution is 6.30. The molecule has 0 aliphatic rings. The Morgan fingerprint density at radius 2 is 2.05 bits per heavy atom. The van der Waals surface area contributed by atoms with Gasteiger partial charge in [-0.05, 0) is 48.9 Å². The molecule has 0 radical (unpaired) electrons. The molecule has 0 aliphatic heterocycles. The molecule has 0 saturated carbocycles. The molecule has 0 fully saturated rings. The Balaban J connectivity index is 1.86. The van der Waals surface area contributed by atoms with E-state index in [0.717, 1.165) is 5.56 Å². The van der Waals surface area contributed by atoms with Gasteiger partial charge in [0.05, 0.1) is 17.7 Å². The number of hydrogen-bond acceptors (Lipinski definition) is 3. The van der Waals surface area contributed by atoms with E-state index in [0.29, 0.717) is 16.3 Å². The molecule has 1 amide bonds. The van der Waals surface area contributed by atoms with Gasteiger partial charge in [0.25, 0.3) is 5.91 Å². The highest BCUT2D eigenvalue weighted by Gasteiger charge is 2.10. The van der Waals surface area contributed by atoms with Crippen LogP contribution in [0.5, 0.6) is 5.75 Å². The Morgan fingerprint density at radius 3 is 2.68 bits per heavy atom. The average molecular weight is 315 g/mol. The number of ether oxygens (including phenoxy) is 1. The first-order valence-electron chi connectivity index (χ1n) is 6.76. The van der Waals surface area contributed by atoms with Gasteiger partial charge in [-0.15, -0.1) is 0 Å². The van der Waals surface area contributed by atoms with Crippen molar-refractivity contribution in [2.24, 2.45) is 0 Å². The minimum atomic E-state index is -0.225. The van der Waals surface area contributed by atoms with Crippen LogP contribution in [0.15, 0.2) is 48.5 Å². The number of benzene rings is 2. The van der Waals surface area contributed by atoms with Crippen LogP contribution >= 0.6 is 11.6 Å². The summed E-state index contributed by atoms with van der Waals surface area (Å²) in [6, 6.07) is 15.8. The predicted octanol–water partition coefficient (Wildman–Crippen LogP) is 3.47. The molecule has 5 heteroatoms. The number of halogens is 1. The third kappa shape index (κ3) is 4.51. The highest BCUT2D eigenvalue weighted by Crippen LogP contribution is 2.17. The first kappa shape index (κ1) is 15.9. The molecule has 4 nitrogen and oxygen atoms in total. The summed E-state index contributed by atoms with van der Waals surface area (Å²) in [6.07, 6.45) is 0. The summed E-state index contributed by atoms with van der Waals surface area (Å²) < 4.78 is 5.38. The van der Waals surface area contributed by atoms with Gasteiger partial charge >= 0.3 is 0 Å². The van der Waals surface area contributed by atoms with Gasteiger partial charge in [-0.2, -0.15) is 5.26 Å². The maximum atomic E-state index is 11.9. The maximum Gasteiger partial charge on any atom is 0.258 e. The van der Waals surface area contributed by atoms with Crippen LogP contribution in [0.1, 0.15) is 24.1 Å². The van der Waals surface area contributed by atoms with Gasteiger partial charge < -0.3 is 10.1 Å². The molecule has 0 saturated heterocycles. The summed E-state index contributed by atoms with van der Waals surface area (Å²) in [6.45, 7) is 1.79. The van der Waals surface area contributed by atoms with E-state index in [1.807, 2.05) is 31.2 Å². The Labute approximate surface area is 134 Å². The van der Waals surface area contributed by atoms with Crippen LogP contribution in [0.4, 0.5) is 0 Å². The summed E-state index contributed by atoms with van der Waals surface area (Å²) in [7, 11) is 0. The van der Waals surface area contributed by atoms with Crippen molar-refractivity contribution in [1.29, 1.82) is 5.26 Å². The fourth-order valence-corrected chi connectivity index (χ4v) is 2.12. The van der Waals surface area contributed by atoms with E-state index in [1.54, 1.807) is 30.3 Å². The summed E-state index contributed by atoms with van der Waals surface area (Å²) >= 11 is 5.93. The van der Waals surface area contributed by atoms with E-state index >= 15 is 0 Å². The molecule has 0 aromatic heterocycles. The zero-order chi connectivity index (χ0) is 15.9. The number of rotatable bonds is 5. The van der Waals surface area contributed by atoms with Crippen LogP contribution in [0.3, 0.4) is 0 Å². The van der Waals surface area contributed by atoms with E-state index in [4.69, 9.17) is 21.6 Å². The van der Waals surface area contributed by atoms with Gasteiger partial charge in [0.1, 0.15) is 5.75 Å². The fourth-order valence-electron chi connectivity index (χ4n) is 1.92. The number of nitrogens with one attached hydrogen (secondary N) is 1. The average Bonchev–Trinajstić information content (AvgIpc) is 2.53.